The molecule has 0 radical (unpaired) electrons. The summed E-state index contributed by atoms with van der Waals surface area (Å²) in [6, 6.07) is 3.63. The Bertz CT molecular complexity index is 838. The highest BCUT2D eigenvalue weighted by molar-refractivity contribution is 9.10. The van der Waals surface area contributed by atoms with Gasteiger partial charge in [-0.05, 0) is 69.6 Å². The van der Waals surface area contributed by atoms with Crippen LogP contribution in [0.25, 0.3) is 5.57 Å². The summed E-state index contributed by atoms with van der Waals surface area (Å²) in [5.74, 6) is 1.98. The van der Waals surface area contributed by atoms with Crippen LogP contribution in [0.3, 0.4) is 0 Å². The number of allylic oxidation sites excluding steroid dienone is 1. The normalized spacial score (nSPS) is 24.9. The third kappa shape index (κ3) is 3.42. The molecule has 1 fully saturated rings. The van der Waals surface area contributed by atoms with Gasteiger partial charge in [0.05, 0.1) is 7.11 Å². The van der Waals surface area contributed by atoms with E-state index in [0.717, 1.165) is 46.4 Å². The number of thioether (sulfide) groups is 1. The number of hydrogen-bond donors (Lipinski definition) is 1. The molecule has 0 spiro atoms. The molecule has 7 heteroatoms. The Morgan fingerprint density at radius 1 is 1.25 bits per heavy atom. The van der Waals surface area contributed by atoms with E-state index in [2.05, 4.69) is 15.9 Å². The van der Waals surface area contributed by atoms with Crippen molar-refractivity contribution >= 4 is 51.0 Å². The number of carbonyl (C=O) groups is 2. The second-order valence-corrected chi connectivity index (χ2v) is 10.5. The highest BCUT2D eigenvalue weighted by Gasteiger charge is 2.57. The van der Waals surface area contributed by atoms with Crippen molar-refractivity contribution in [3.8, 4) is 0 Å². The van der Waals surface area contributed by atoms with Crippen molar-refractivity contribution in [2.24, 2.45) is 5.92 Å². The lowest BCUT2D eigenvalue weighted by molar-refractivity contribution is 0.0598. The van der Waals surface area contributed by atoms with E-state index in [1.54, 1.807) is 6.07 Å². The van der Waals surface area contributed by atoms with Crippen molar-refractivity contribution < 1.29 is 19.4 Å². The number of benzene rings is 1. The van der Waals surface area contributed by atoms with Gasteiger partial charge in [0.15, 0.2) is 5.69 Å². The van der Waals surface area contributed by atoms with Crippen molar-refractivity contribution in [1.82, 2.24) is 4.48 Å². The summed E-state index contributed by atoms with van der Waals surface area (Å²) in [4.78, 5) is 25.4. The fourth-order valence-electron chi connectivity index (χ4n) is 4.31. The molecule has 0 aromatic heterocycles. The van der Waals surface area contributed by atoms with Gasteiger partial charge >= 0.3 is 12.1 Å². The van der Waals surface area contributed by atoms with E-state index in [-0.39, 0.29) is 5.92 Å². The Balaban J connectivity index is 2.34. The van der Waals surface area contributed by atoms with E-state index >= 15 is 0 Å². The molecule has 152 valence electrons. The molecule has 28 heavy (non-hydrogen) atoms. The Labute approximate surface area is 178 Å². The Morgan fingerprint density at radius 2 is 1.96 bits per heavy atom. The summed E-state index contributed by atoms with van der Waals surface area (Å²) in [5, 5.41) is 10.4. The van der Waals surface area contributed by atoms with E-state index in [1.165, 1.54) is 7.11 Å². The SMILES string of the molecule is COC(=O)c1cc(Br)cc2c1[N+](C(=O)O)(C(C)(C)C)C=C2C1CCCSCC1. The molecule has 1 N–H and O–H groups in total. The molecule has 0 aliphatic carbocycles. The first-order chi connectivity index (χ1) is 13.1. The first kappa shape index (κ1) is 21.4. The third-order valence-electron chi connectivity index (χ3n) is 5.73. The van der Waals surface area contributed by atoms with Gasteiger partial charge in [0.1, 0.15) is 17.3 Å². The molecule has 1 aromatic rings. The molecule has 1 saturated heterocycles. The Kier molecular flexibility index (Phi) is 5.99. The minimum Gasteiger partial charge on any atom is -0.465 e. The molecular formula is C21H27BrNO4S+. The number of carbonyl (C=O) groups excluding carboxylic acids is 1. The van der Waals surface area contributed by atoms with Crippen LogP contribution in [0.15, 0.2) is 22.8 Å². The number of quaternary nitrogens is 1. The van der Waals surface area contributed by atoms with Crippen LogP contribution in [0.5, 0.6) is 0 Å². The number of halogens is 1. The summed E-state index contributed by atoms with van der Waals surface area (Å²) in [7, 11) is 1.33. The molecule has 2 heterocycles. The number of ether oxygens (including phenoxy) is 1. The summed E-state index contributed by atoms with van der Waals surface area (Å²) in [5.41, 5.74) is 2.03. The van der Waals surface area contributed by atoms with Gasteiger partial charge in [-0.1, -0.05) is 15.9 Å². The van der Waals surface area contributed by atoms with Crippen LogP contribution in [0.1, 0.15) is 56.0 Å². The zero-order valence-corrected chi connectivity index (χ0v) is 19.2. The second kappa shape index (κ2) is 7.84. The zero-order valence-electron chi connectivity index (χ0n) is 16.8. The number of nitrogens with zero attached hydrogens (tertiary/aromatic N) is 1. The maximum absolute atomic E-state index is 12.7. The van der Waals surface area contributed by atoms with Crippen molar-refractivity contribution in [3.63, 3.8) is 0 Å². The molecular weight excluding hydrogens is 442 g/mol. The monoisotopic (exact) mass is 468 g/mol. The van der Waals surface area contributed by atoms with Gasteiger partial charge in [-0.25, -0.2) is 4.79 Å². The van der Waals surface area contributed by atoms with Crippen LogP contribution >= 0.6 is 27.7 Å². The summed E-state index contributed by atoms with van der Waals surface area (Å²) < 4.78 is 5.36. The second-order valence-electron chi connectivity index (χ2n) is 8.34. The molecule has 2 aliphatic heterocycles. The maximum Gasteiger partial charge on any atom is 0.524 e. The minimum absolute atomic E-state index is 0.287. The average Bonchev–Trinajstić information content (AvgIpc) is 2.78. The number of esters is 1. The molecule has 0 saturated carbocycles. The largest absolute Gasteiger partial charge is 0.524 e. The summed E-state index contributed by atoms with van der Waals surface area (Å²) in [6.07, 6.45) is 4.05. The molecule has 1 amide bonds. The lowest BCUT2D eigenvalue weighted by atomic mass is 9.87. The van der Waals surface area contributed by atoms with Gasteiger partial charge in [-0.2, -0.15) is 21.0 Å². The highest BCUT2D eigenvalue weighted by Crippen LogP contribution is 2.52. The number of rotatable bonds is 2. The van der Waals surface area contributed by atoms with Gasteiger partial charge in [-0.15, -0.1) is 0 Å². The van der Waals surface area contributed by atoms with E-state index in [1.807, 2.05) is 44.8 Å². The quantitative estimate of drug-likeness (QED) is 0.431. The highest BCUT2D eigenvalue weighted by atomic mass is 79.9. The predicted octanol–water partition coefficient (Wildman–Crippen LogP) is 5.91. The van der Waals surface area contributed by atoms with Gasteiger partial charge in [0.25, 0.3) is 0 Å². The van der Waals surface area contributed by atoms with Crippen LogP contribution in [-0.2, 0) is 4.74 Å². The number of carboxylic acid groups (broad SMARTS) is 1. The predicted molar refractivity (Wildman–Crippen MR) is 118 cm³/mol. The van der Waals surface area contributed by atoms with E-state index in [0.29, 0.717) is 11.3 Å². The maximum atomic E-state index is 12.7. The van der Waals surface area contributed by atoms with Crippen LogP contribution in [0.4, 0.5) is 10.5 Å². The fraction of sp³-hybridized carbons (Fsp3) is 0.524. The van der Waals surface area contributed by atoms with Crippen molar-refractivity contribution in [3.05, 3.63) is 33.9 Å². The van der Waals surface area contributed by atoms with Crippen LogP contribution < -0.4 is 4.48 Å². The molecule has 2 atom stereocenters. The minimum atomic E-state index is -0.987. The molecule has 1 aromatic carbocycles. The first-order valence-electron chi connectivity index (χ1n) is 9.49. The van der Waals surface area contributed by atoms with Gasteiger partial charge in [0.2, 0.25) is 0 Å². The number of methoxy groups -OCH3 is 1. The number of fused-ring (bicyclic) bond motifs is 1. The summed E-state index contributed by atoms with van der Waals surface area (Å²) >= 11 is 5.47. The first-order valence-corrected chi connectivity index (χ1v) is 11.4. The zero-order chi connectivity index (χ0) is 20.7. The lowest BCUT2D eigenvalue weighted by Crippen LogP contribution is -2.60. The van der Waals surface area contributed by atoms with Crippen LogP contribution in [0.2, 0.25) is 0 Å². The number of hydrogen-bond acceptors (Lipinski definition) is 4. The average molecular weight is 469 g/mol. The number of amides is 1. The van der Waals surface area contributed by atoms with Crippen molar-refractivity contribution in [2.75, 3.05) is 18.6 Å². The molecule has 0 bridgehead atoms. The molecule has 2 unspecified atom stereocenters. The third-order valence-corrected chi connectivity index (χ3v) is 7.29. The molecule has 5 nitrogen and oxygen atoms in total. The van der Waals surface area contributed by atoms with Crippen LogP contribution in [-0.4, -0.2) is 41.3 Å². The van der Waals surface area contributed by atoms with Gasteiger partial charge < -0.3 is 9.84 Å². The lowest BCUT2D eigenvalue weighted by Gasteiger charge is -2.38. The Morgan fingerprint density at radius 3 is 2.57 bits per heavy atom. The van der Waals surface area contributed by atoms with E-state index in [4.69, 9.17) is 4.74 Å². The van der Waals surface area contributed by atoms with E-state index < -0.39 is 22.1 Å². The fourth-order valence-corrected chi connectivity index (χ4v) is 5.80. The van der Waals surface area contributed by atoms with Crippen molar-refractivity contribution in [1.29, 1.82) is 0 Å². The van der Waals surface area contributed by atoms with Crippen molar-refractivity contribution in [2.45, 2.75) is 45.6 Å². The smallest absolute Gasteiger partial charge is 0.465 e. The molecule has 2 aliphatic rings. The standard InChI is InChI=1S/C21H26BrNO4S/c1-21(2,3)23(20(25)26)12-17(13-6-5-8-28-9-7-13)15-10-14(22)11-16(18(15)23)19(24)27-4/h10-13H,5-9H2,1-4H3/p+1. The summed E-state index contributed by atoms with van der Waals surface area (Å²) in [6.45, 7) is 5.70. The van der Waals surface area contributed by atoms with Crippen LogP contribution in [0, 0.1) is 5.92 Å². The van der Waals surface area contributed by atoms with E-state index in [9.17, 15) is 14.7 Å². The van der Waals surface area contributed by atoms with Gasteiger partial charge in [0, 0.05) is 15.6 Å². The topological polar surface area (TPSA) is 63.6 Å². The van der Waals surface area contributed by atoms with Gasteiger partial charge in [-0.3, -0.25) is 0 Å². The molecule has 3 rings (SSSR count). The Hall–Kier alpha value is -1.31.